The van der Waals surface area contributed by atoms with Crippen LogP contribution in [0.25, 0.3) is 0 Å². The Kier molecular flexibility index (Phi) is 2.27. The minimum absolute atomic E-state index is 0.354. The first-order valence-corrected chi connectivity index (χ1v) is 6.01. The Labute approximate surface area is 107 Å². The lowest BCUT2D eigenvalue weighted by atomic mass is 9.83. The molecular formula is C14H14BN3. The number of fused-ring (bicyclic) bond motifs is 1. The number of nitrogens with zero attached hydrogens (tertiary/aromatic N) is 1. The van der Waals surface area contributed by atoms with Crippen molar-refractivity contribution in [2.24, 2.45) is 0 Å². The van der Waals surface area contributed by atoms with Gasteiger partial charge in [-0.25, -0.2) is 0 Å². The van der Waals surface area contributed by atoms with Gasteiger partial charge in [0.25, 0.3) is 0 Å². The van der Waals surface area contributed by atoms with Crippen molar-refractivity contribution in [3.8, 4) is 0 Å². The molecule has 1 atom stereocenters. The summed E-state index contributed by atoms with van der Waals surface area (Å²) in [5.74, 6) is 0.398. The highest BCUT2D eigenvalue weighted by atomic mass is 15.1. The fourth-order valence-corrected chi connectivity index (χ4v) is 2.57. The Morgan fingerprint density at radius 3 is 2.89 bits per heavy atom. The van der Waals surface area contributed by atoms with Crippen LogP contribution in [-0.2, 0) is 5.54 Å². The van der Waals surface area contributed by atoms with E-state index in [1.807, 2.05) is 12.1 Å². The largest absolute Gasteiger partial charge is 0.355 e. The average Bonchev–Trinajstić information content (AvgIpc) is 2.64. The zero-order valence-electron chi connectivity index (χ0n) is 10.5. The molecule has 2 N–H and O–H groups in total. The van der Waals surface area contributed by atoms with E-state index >= 15 is 0 Å². The number of hydrogen-bond donors (Lipinski definition) is 2. The van der Waals surface area contributed by atoms with Crippen molar-refractivity contribution in [3.05, 3.63) is 59.4 Å². The van der Waals surface area contributed by atoms with Gasteiger partial charge < -0.3 is 5.32 Å². The number of benzene rings is 1. The summed E-state index contributed by atoms with van der Waals surface area (Å²) in [6.07, 6.45) is 1.73. The van der Waals surface area contributed by atoms with Crippen LogP contribution in [-0.4, -0.2) is 18.7 Å². The number of aromatic nitrogens is 1. The molecule has 0 bridgehead atoms. The van der Waals surface area contributed by atoms with Crippen molar-refractivity contribution in [2.75, 3.05) is 0 Å². The number of amidine groups is 1. The van der Waals surface area contributed by atoms with Gasteiger partial charge in [-0.1, -0.05) is 35.8 Å². The lowest BCUT2D eigenvalue weighted by Crippen LogP contribution is -2.37. The maximum atomic E-state index is 8.02. The van der Waals surface area contributed by atoms with Crippen molar-refractivity contribution in [1.29, 1.82) is 5.41 Å². The first kappa shape index (κ1) is 11.0. The molecule has 3 nitrogen and oxygen atoms in total. The summed E-state index contributed by atoms with van der Waals surface area (Å²) < 4.78 is 0. The number of hydrogen-bond acceptors (Lipinski definition) is 2. The summed E-state index contributed by atoms with van der Waals surface area (Å²) in [4.78, 5) is 4.30. The molecule has 4 heteroatoms. The highest BCUT2D eigenvalue weighted by Crippen LogP contribution is 2.35. The van der Waals surface area contributed by atoms with E-state index in [0.29, 0.717) is 5.84 Å². The first-order chi connectivity index (χ1) is 8.61. The third kappa shape index (κ3) is 1.45. The van der Waals surface area contributed by atoms with Crippen molar-refractivity contribution >= 4 is 19.1 Å². The molecule has 1 aromatic carbocycles. The van der Waals surface area contributed by atoms with Gasteiger partial charge in [0.05, 0.1) is 5.54 Å². The molecule has 1 aliphatic rings. The first-order valence-electron chi connectivity index (χ1n) is 6.01. The maximum absolute atomic E-state index is 8.02. The van der Waals surface area contributed by atoms with Crippen LogP contribution in [0.4, 0.5) is 0 Å². The van der Waals surface area contributed by atoms with Crippen molar-refractivity contribution in [3.63, 3.8) is 0 Å². The molecule has 0 saturated carbocycles. The molecule has 0 saturated heterocycles. The molecule has 88 valence electrons. The van der Waals surface area contributed by atoms with E-state index < -0.39 is 0 Å². The van der Waals surface area contributed by atoms with Gasteiger partial charge in [0, 0.05) is 11.8 Å². The Hall–Kier alpha value is -2.10. The molecule has 18 heavy (non-hydrogen) atoms. The van der Waals surface area contributed by atoms with Crippen LogP contribution in [0.2, 0.25) is 0 Å². The van der Waals surface area contributed by atoms with E-state index in [4.69, 9.17) is 5.41 Å². The zero-order valence-corrected chi connectivity index (χ0v) is 10.5. The Bertz CT molecular complexity index is 638. The van der Waals surface area contributed by atoms with E-state index in [2.05, 4.69) is 49.3 Å². The van der Waals surface area contributed by atoms with E-state index in [0.717, 1.165) is 11.3 Å². The van der Waals surface area contributed by atoms with Gasteiger partial charge in [-0.2, -0.15) is 0 Å². The van der Waals surface area contributed by atoms with E-state index in [1.165, 1.54) is 11.0 Å². The van der Waals surface area contributed by atoms with Crippen molar-refractivity contribution in [1.82, 2.24) is 10.3 Å². The van der Waals surface area contributed by atoms with Gasteiger partial charge >= 0.3 is 0 Å². The summed E-state index contributed by atoms with van der Waals surface area (Å²) in [6, 6.07) is 12.3. The van der Waals surface area contributed by atoms with Gasteiger partial charge in [-0.15, -0.1) is 0 Å². The van der Waals surface area contributed by atoms with E-state index in [1.54, 1.807) is 6.20 Å². The van der Waals surface area contributed by atoms with Crippen LogP contribution in [0.5, 0.6) is 0 Å². The van der Waals surface area contributed by atoms with Crippen LogP contribution >= 0.6 is 0 Å². The highest BCUT2D eigenvalue weighted by Gasteiger charge is 2.39. The fraction of sp³-hybridized carbons (Fsp3) is 0.143. The monoisotopic (exact) mass is 235 g/mol. The molecule has 0 spiro atoms. The minimum Gasteiger partial charge on any atom is -0.355 e. The Morgan fingerprint density at radius 2 is 2.11 bits per heavy atom. The second kappa shape index (κ2) is 3.70. The second-order valence-corrected chi connectivity index (χ2v) is 4.89. The van der Waals surface area contributed by atoms with Gasteiger partial charge in [0.2, 0.25) is 0 Å². The third-order valence-electron chi connectivity index (χ3n) is 3.55. The molecule has 1 aromatic heterocycles. The second-order valence-electron chi connectivity index (χ2n) is 4.89. The van der Waals surface area contributed by atoms with Gasteiger partial charge in [-0.3, -0.25) is 10.4 Å². The standard InChI is InChI=1S/C14H14BN3/c1-14(9-4-2-5-10(15)8-9)11-6-3-7-17-12(11)13(16)18-14/h2-8H,15H2,1H3,(H2,16,18). The average molecular weight is 235 g/mol. The van der Waals surface area contributed by atoms with Gasteiger partial charge in [-0.05, 0) is 18.6 Å². The van der Waals surface area contributed by atoms with Crippen LogP contribution in [0, 0.1) is 5.41 Å². The molecule has 0 fully saturated rings. The smallest absolute Gasteiger partial charge is 0.145 e. The van der Waals surface area contributed by atoms with Gasteiger partial charge in [0.1, 0.15) is 19.4 Å². The SMILES string of the molecule is Bc1cccc(C2(C)NC(=N)c3ncccc32)c1. The molecule has 2 heterocycles. The van der Waals surface area contributed by atoms with Gasteiger partial charge in [0.15, 0.2) is 0 Å². The predicted octanol–water partition coefficient (Wildman–Crippen LogP) is 0.532. The molecule has 2 aromatic rings. The number of nitrogens with one attached hydrogen (secondary N) is 2. The molecule has 0 amide bonds. The highest BCUT2D eigenvalue weighted by molar-refractivity contribution is 6.32. The Morgan fingerprint density at radius 1 is 1.28 bits per heavy atom. The normalized spacial score (nSPS) is 21.5. The lowest BCUT2D eigenvalue weighted by molar-refractivity contribution is 0.550. The van der Waals surface area contributed by atoms with E-state index in [9.17, 15) is 0 Å². The molecule has 0 aliphatic carbocycles. The molecule has 3 rings (SSSR count). The summed E-state index contributed by atoms with van der Waals surface area (Å²) in [6.45, 7) is 2.10. The Balaban J connectivity index is 2.21. The molecular weight excluding hydrogens is 221 g/mol. The molecule has 1 unspecified atom stereocenters. The summed E-state index contributed by atoms with van der Waals surface area (Å²) in [5.41, 5.74) is 3.85. The van der Waals surface area contributed by atoms with Crippen LogP contribution in [0.15, 0.2) is 42.6 Å². The third-order valence-corrected chi connectivity index (χ3v) is 3.55. The zero-order chi connectivity index (χ0) is 12.8. The number of rotatable bonds is 1. The van der Waals surface area contributed by atoms with Crippen molar-refractivity contribution < 1.29 is 0 Å². The van der Waals surface area contributed by atoms with Crippen LogP contribution in [0.1, 0.15) is 23.7 Å². The lowest BCUT2D eigenvalue weighted by Gasteiger charge is -2.26. The number of pyridine rings is 1. The van der Waals surface area contributed by atoms with Crippen molar-refractivity contribution in [2.45, 2.75) is 12.5 Å². The summed E-state index contributed by atoms with van der Waals surface area (Å²) in [7, 11) is 2.08. The summed E-state index contributed by atoms with van der Waals surface area (Å²) in [5, 5.41) is 11.3. The topological polar surface area (TPSA) is 48.8 Å². The summed E-state index contributed by atoms with van der Waals surface area (Å²) >= 11 is 0. The van der Waals surface area contributed by atoms with Crippen LogP contribution in [0.3, 0.4) is 0 Å². The predicted molar refractivity (Wildman–Crippen MR) is 75.3 cm³/mol. The van der Waals surface area contributed by atoms with Crippen LogP contribution < -0.4 is 10.8 Å². The molecule has 0 radical (unpaired) electrons. The quantitative estimate of drug-likeness (QED) is 0.708. The molecule has 1 aliphatic heterocycles. The minimum atomic E-state index is -0.354. The van der Waals surface area contributed by atoms with E-state index in [-0.39, 0.29) is 5.54 Å². The fourth-order valence-electron chi connectivity index (χ4n) is 2.57. The maximum Gasteiger partial charge on any atom is 0.145 e.